The number of anilines is 2. The smallest absolute Gasteiger partial charge is 0.255 e. The molecule has 3 rings (SSSR count). The zero-order valence-corrected chi connectivity index (χ0v) is 18.4. The zero-order valence-electron chi connectivity index (χ0n) is 18.4. The van der Waals surface area contributed by atoms with E-state index in [0.29, 0.717) is 43.1 Å². The molecule has 0 atom stereocenters. The van der Waals surface area contributed by atoms with Gasteiger partial charge in [-0.25, -0.2) is 0 Å². The minimum atomic E-state index is -0.252. The predicted molar refractivity (Wildman–Crippen MR) is 125 cm³/mol. The van der Waals surface area contributed by atoms with Gasteiger partial charge in [0.2, 0.25) is 5.91 Å². The fourth-order valence-corrected chi connectivity index (χ4v) is 3.16. The molecule has 1 heterocycles. The van der Waals surface area contributed by atoms with E-state index in [1.165, 1.54) is 0 Å². The van der Waals surface area contributed by atoms with Crippen LogP contribution < -0.4 is 15.4 Å². The number of rotatable bonds is 11. The monoisotopic (exact) mass is 446 g/mol. The molecule has 0 saturated heterocycles. The molecule has 0 saturated carbocycles. The fourth-order valence-electron chi connectivity index (χ4n) is 3.16. The van der Waals surface area contributed by atoms with Gasteiger partial charge in [0.25, 0.3) is 5.91 Å². The topological polar surface area (TPSA) is 108 Å². The number of nitrogens with zero attached hydrogens (tertiary/aromatic N) is 2. The largest absolute Gasteiger partial charge is 0.494 e. The van der Waals surface area contributed by atoms with Gasteiger partial charge in [-0.15, -0.1) is 0 Å². The van der Waals surface area contributed by atoms with Crippen LogP contribution in [0.3, 0.4) is 0 Å². The predicted octanol–water partition coefficient (Wildman–Crippen LogP) is 4.28. The van der Waals surface area contributed by atoms with Crippen LogP contribution in [-0.4, -0.2) is 36.4 Å². The summed E-state index contributed by atoms with van der Waals surface area (Å²) >= 11 is 0. The Morgan fingerprint density at radius 2 is 1.73 bits per heavy atom. The summed E-state index contributed by atoms with van der Waals surface area (Å²) in [5.41, 5.74) is 1.71. The van der Waals surface area contributed by atoms with Crippen LogP contribution in [0.4, 0.5) is 11.4 Å². The second-order valence-electron chi connectivity index (χ2n) is 7.24. The Labute approximate surface area is 192 Å². The Balaban J connectivity index is 1.53. The maximum Gasteiger partial charge on any atom is 0.255 e. The van der Waals surface area contributed by atoms with Crippen LogP contribution in [0.2, 0.25) is 0 Å². The number of nitrogens with one attached hydrogen (secondary N) is 2. The van der Waals surface area contributed by atoms with Gasteiger partial charge in [0, 0.05) is 29.9 Å². The summed E-state index contributed by atoms with van der Waals surface area (Å²) in [6, 6.07) is 19.5. The molecule has 170 valence electrons. The van der Waals surface area contributed by atoms with Crippen LogP contribution in [0.1, 0.15) is 29.5 Å². The van der Waals surface area contributed by atoms with Crippen molar-refractivity contribution in [1.29, 1.82) is 5.26 Å². The second kappa shape index (κ2) is 12.1. The summed E-state index contributed by atoms with van der Waals surface area (Å²) in [5, 5.41) is 14.5. The van der Waals surface area contributed by atoms with E-state index in [4.69, 9.17) is 14.4 Å². The summed E-state index contributed by atoms with van der Waals surface area (Å²) in [7, 11) is 0. The van der Waals surface area contributed by atoms with Crippen LogP contribution in [0, 0.1) is 11.3 Å². The first-order valence-corrected chi connectivity index (χ1v) is 10.6. The van der Waals surface area contributed by atoms with Crippen LogP contribution in [0.5, 0.6) is 5.75 Å². The summed E-state index contributed by atoms with van der Waals surface area (Å²) in [5.74, 6) is 0.999. The van der Waals surface area contributed by atoms with Crippen molar-refractivity contribution in [1.82, 2.24) is 4.90 Å². The molecule has 1 aromatic heterocycles. The number of carbonyl (C=O) groups excluding carboxylic acids is 2. The van der Waals surface area contributed by atoms with E-state index in [2.05, 4.69) is 16.7 Å². The average Bonchev–Trinajstić information content (AvgIpc) is 3.32. The molecular formula is C25H26N4O4. The van der Waals surface area contributed by atoms with E-state index in [1.54, 1.807) is 60.9 Å². The maximum atomic E-state index is 12.5. The normalized spacial score (nSPS) is 10.5. The highest BCUT2D eigenvalue weighted by molar-refractivity contribution is 6.04. The van der Waals surface area contributed by atoms with Gasteiger partial charge >= 0.3 is 0 Å². The molecule has 0 radical (unpaired) electrons. The lowest BCUT2D eigenvalue weighted by molar-refractivity contribution is -0.117. The highest BCUT2D eigenvalue weighted by atomic mass is 16.5. The van der Waals surface area contributed by atoms with Crippen molar-refractivity contribution in [3.63, 3.8) is 0 Å². The van der Waals surface area contributed by atoms with Crippen LogP contribution in [0.25, 0.3) is 0 Å². The van der Waals surface area contributed by atoms with Gasteiger partial charge in [-0.05, 0) is 67.6 Å². The van der Waals surface area contributed by atoms with Crippen LogP contribution in [-0.2, 0) is 11.3 Å². The SMILES string of the molecule is CCOc1ccc(NC(=O)c2ccc(NC(=O)CN(CCC#N)Cc3ccco3)cc2)cc1. The third kappa shape index (κ3) is 7.52. The second-order valence-corrected chi connectivity index (χ2v) is 7.24. The molecular weight excluding hydrogens is 420 g/mol. The molecule has 33 heavy (non-hydrogen) atoms. The van der Waals surface area contributed by atoms with E-state index >= 15 is 0 Å². The molecule has 2 N–H and O–H groups in total. The van der Waals surface area contributed by atoms with E-state index < -0.39 is 0 Å². The molecule has 3 aromatic rings. The number of amides is 2. The Morgan fingerprint density at radius 3 is 2.36 bits per heavy atom. The molecule has 0 spiro atoms. The number of hydrogen-bond donors (Lipinski definition) is 2. The summed E-state index contributed by atoms with van der Waals surface area (Å²) < 4.78 is 10.7. The van der Waals surface area contributed by atoms with E-state index in [1.807, 2.05) is 17.9 Å². The molecule has 0 bridgehead atoms. The van der Waals surface area contributed by atoms with Crippen LogP contribution >= 0.6 is 0 Å². The third-order valence-electron chi connectivity index (χ3n) is 4.72. The Kier molecular flexibility index (Phi) is 8.63. The van der Waals surface area contributed by atoms with Crippen LogP contribution in [0.15, 0.2) is 71.3 Å². The van der Waals surface area contributed by atoms with E-state index in [-0.39, 0.29) is 18.4 Å². The lowest BCUT2D eigenvalue weighted by atomic mass is 10.2. The van der Waals surface area contributed by atoms with Crippen molar-refractivity contribution in [2.45, 2.75) is 19.9 Å². The first-order chi connectivity index (χ1) is 16.1. The maximum absolute atomic E-state index is 12.5. The molecule has 0 unspecified atom stereocenters. The quantitative estimate of drug-likeness (QED) is 0.455. The highest BCUT2D eigenvalue weighted by Crippen LogP contribution is 2.17. The van der Waals surface area contributed by atoms with E-state index in [0.717, 1.165) is 11.5 Å². The number of ether oxygens (including phenoxy) is 1. The van der Waals surface area contributed by atoms with Crippen molar-refractivity contribution in [3.05, 3.63) is 78.3 Å². The number of benzene rings is 2. The number of furan rings is 1. The lowest BCUT2D eigenvalue weighted by Gasteiger charge is -2.19. The molecule has 8 heteroatoms. The first-order valence-electron chi connectivity index (χ1n) is 10.6. The third-order valence-corrected chi connectivity index (χ3v) is 4.72. The van der Waals surface area contributed by atoms with Crippen molar-refractivity contribution in [2.75, 3.05) is 30.3 Å². The molecule has 8 nitrogen and oxygen atoms in total. The first kappa shape index (κ1) is 23.6. The summed E-state index contributed by atoms with van der Waals surface area (Å²) in [4.78, 5) is 26.8. The van der Waals surface area contributed by atoms with Gasteiger partial charge < -0.3 is 19.8 Å². The Bertz CT molecular complexity index is 1070. The van der Waals surface area contributed by atoms with Gasteiger partial charge in [-0.3, -0.25) is 14.5 Å². The molecule has 0 aliphatic rings. The van der Waals surface area contributed by atoms with Gasteiger partial charge in [0.1, 0.15) is 11.5 Å². The lowest BCUT2D eigenvalue weighted by Crippen LogP contribution is -2.33. The van der Waals surface area contributed by atoms with Gasteiger partial charge in [0.15, 0.2) is 0 Å². The molecule has 0 fully saturated rings. The highest BCUT2D eigenvalue weighted by Gasteiger charge is 2.13. The van der Waals surface area contributed by atoms with Gasteiger partial charge in [0.05, 0.1) is 32.0 Å². The molecule has 0 aliphatic carbocycles. The average molecular weight is 447 g/mol. The van der Waals surface area contributed by atoms with Crippen molar-refractivity contribution in [3.8, 4) is 11.8 Å². The minimum Gasteiger partial charge on any atom is -0.494 e. The number of hydrogen-bond acceptors (Lipinski definition) is 6. The number of nitriles is 1. The standard InChI is InChI=1S/C25H26N4O4/c1-2-32-22-12-10-21(11-13-22)28-25(31)19-6-8-20(9-7-19)27-24(30)18-29(15-4-14-26)17-23-5-3-16-33-23/h3,5-13,16H,2,4,15,17-18H2,1H3,(H,27,30)(H,28,31). The summed E-state index contributed by atoms with van der Waals surface area (Å²) in [6.45, 7) is 3.49. The Hall–Kier alpha value is -4.09. The van der Waals surface area contributed by atoms with Gasteiger partial charge in [-0.1, -0.05) is 0 Å². The van der Waals surface area contributed by atoms with Gasteiger partial charge in [-0.2, -0.15) is 5.26 Å². The zero-order chi connectivity index (χ0) is 23.5. The van der Waals surface area contributed by atoms with Crippen molar-refractivity contribution in [2.24, 2.45) is 0 Å². The van der Waals surface area contributed by atoms with Crippen molar-refractivity contribution >= 4 is 23.2 Å². The Morgan fingerprint density at radius 1 is 1.03 bits per heavy atom. The molecule has 2 aromatic carbocycles. The number of carbonyl (C=O) groups is 2. The van der Waals surface area contributed by atoms with Crippen molar-refractivity contribution < 1.29 is 18.7 Å². The fraction of sp³-hybridized carbons (Fsp3) is 0.240. The minimum absolute atomic E-state index is 0.113. The molecule has 0 aliphatic heterocycles. The summed E-state index contributed by atoms with van der Waals surface area (Å²) in [6.07, 6.45) is 1.89. The molecule has 2 amide bonds. The van der Waals surface area contributed by atoms with E-state index in [9.17, 15) is 9.59 Å².